The monoisotopic (exact) mass is 465 g/mol. The molecule has 1 unspecified atom stereocenters. The van der Waals surface area contributed by atoms with Crippen molar-refractivity contribution in [2.75, 3.05) is 13.1 Å². The van der Waals surface area contributed by atoms with Gasteiger partial charge in [0.15, 0.2) is 0 Å². The van der Waals surface area contributed by atoms with Gasteiger partial charge < -0.3 is 14.8 Å². The van der Waals surface area contributed by atoms with Crippen molar-refractivity contribution in [2.45, 2.75) is 25.4 Å². The van der Waals surface area contributed by atoms with Gasteiger partial charge >= 0.3 is 0 Å². The average Bonchev–Trinajstić information content (AvgIpc) is 3.34. The van der Waals surface area contributed by atoms with Crippen molar-refractivity contribution in [3.05, 3.63) is 120 Å². The summed E-state index contributed by atoms with van der Waals surface area (Å²) in [5, 5.41) is 2.98. The van der Waals surface area contributed by atoms with Crippen molar-refractivity contribution in [2.24, 2.45) is 0 Å². The average molecular weight is 466 g/mol. The summed E-state index contributed by atoms with van der Waals surface area (Å²) >= 11 is 0. The third-order valence-electron chi connectivity index (χ3n) is 6.23. The molecule has 1 aliphatic rings. The molecular weight excluding hydrogens is 438 g/mol. The molecule has 1 atom stereocenters. The molecule has 2 amide bonds. The standard InChI is InChI=1S/C28H27N5O2/c34-25(18-22-10-7-14-29-19-22)33-17-16-32-20-24(28(35)30-15-13-21-8-3-1-4-9-21)31-27(32)26(33)23-11-5-2-6-12-23/h1-12,14,19-20,26H,13,15-18H2,(H,30,35). The van der Waals surface area contributed by atoms with E-state index in [0.29, 0.717) is 31.2 Å². The van der Waals surface area contributed by atoms with Crippen LogP contribution >= 0.6 is 0 Å². The fourth-order valence-corrected chi connectivity index (χ4v) is 4.49. The van der Waals surface area contributed by atoms with Crippen LogP contribution in [0, 0.1) is 0 Å². The zero-order valence-corrected chi connectivity index (χ0v) is 19.4. The van der Waals surface area contributed by atoms with E-state index in [9.17, 15) is 9.59 Å². The lowest BCUT2D eigenvalue weighted by atomic mass is 10.0. The van der Waals surface area contributed by atoms with E-state index in [4.69, 9.17) is 4.98 Å². The van der Waals surface area contributed by atoms with Crippen molar-refractivity contribution >= 4 is 11.8 Å². The minimum atomic E-state index is -0.361. The van der Waals surface area contributed by atoms with Crippen molar-refractivity contribution in [1.82, 2.24) is 24.8 Å². The number of carbonyl (C=O) groups is 2. The number of hydrogen-bond acceptors (Lipinski definition) is 4. The van der Waals surface area contributed by atoms with E-state index in [2.05, 4.69) is 10.3 Å². The Bertz CT molecular complexity index is 1290. The molecule has 7 heteroatoms. The topological polar surface area (TPSA) is 80.1 Å². The predicted molar refractivity (Wildman–Crippen MR) is 133 cm³/mol. The van der Waals surface area contributed by atoms with Crippen LogP contribution in [0.15, 0.2) is 91.4 Å². The van der Waals surface area contributed by atoms with Gasteiger partial charge in [-0.25, -0.2) is 4.98 Å². The third kappa shape index (κ3) is 5.14. The molecule has 1 aliphatic heterocycles. The van der Waals surface area contributed by atoms with Crippen LogP contribution in [-0.4, -0.2) is 44.3 Å². The molecule has 0 saturated heterocycles. The number of pyridine rings is 1. The highest BCUT2D eigenvalue weighted by Crippen LogP contribution is 2.32. The van der Waals surface area contributed by atoms with E-state index in [1.54, 1.807) is 18.6 Å². The molecule has 0 spiro atoms. The summed E-state index contributed by atoms with van der Waals surface area (Å²) in [6, 6.07) is 23.3. The van der Waals surface area contributed by atoms with Crippen LogP contribution < -0.4 is 5.32 Å². The highest BCUT2D eigenvalue weighted by Gasteiger charge is 2.34. The minimum absolute atomic E-state index is 0.00923. The Morgan fingerprint density at radius 2 is 1.66 bits per heavy atom. The number of nitrogens with one attached hydrogen (secondary N) is 1. The summed E-state index contributed by atoms with van der Waals surface area (Å²) in [5.41, 5.74) is 3.38. The number of amides is 2. The summed E-state index contributed by atoms with van der Waals surface area (Å²) in [6.07, 6.45) is 6.24. The lowest BCUT2D eigenvalue weighted by molar-refractivity contribution is -0.133. The lowest BCUT2D eigenvalue weighted by Gasteiger charge is -2.36. The first-order valence-corrected chi connectivity index (χ1v) is 11.8. The minimum Gasteiger partial charge on any atom is -0.350 e. The fraction of sp³-hybridized carbons (Fsp3) is 0.214. The molecule has 176 valence electrons. The lowest BCUT2D eigenvalue weighted by Crippen LogP contribution is -2.43. The normalized spacial score (nSPS) is 14.9. The summed E-state index contributed by atoms with van der Waals surface area (Å²) in [6.45, 7) is 1.65. The van der Waals surface area contributed by atoms with Gasteiger partial charge in [0.25, 0.3) is 5.91 Å². The van der Waals surface area contributed by atoms with E-state index in [-0.39, 0.29) is 24.3 Å². The number of imidazole rings is 1. The number of aromatic nitrogens is 3. The Morgan fingerprint density at radius 1 is 0.914 bits per heavy atom. The van der Waals surface area contributed by atoms with Crippen LogP contribution in [0.2, 0.25) is 0 Å². The molecule has 0 saturated carbocycles. The Balaban J connectivity index is 1.36. The number of nitrogens with zero attached hydrogens (tertiary/aromatic N) is 4. The second-order valence-corrected chi connectivity index (χ2v) is 8.61. The molecule has 0 bridgehead atoms. The van der Waals surface area contributed by atoms with Crippen LogP contribution in [0.25, 0.3) is 0 Å². The molecule has 7 nitrogen and oxygen atoms in total. The van der Waals surface area contributed by atoms with E-state index < -0.39 is 0 Å². The first-order chi connectivity index (χ1) is 17.2. The summed E-state index contributed by atoms with van der Waals surface area (Å²) in [4.78, 5) is 36.9. The van der Waals surface area contributed by atoms with Crippen LogP contribution in [0.3, 0.4) is 0 Å². The van der Waals surface area contributed by atoms with Gasteiger partial charge in [0, 0.05) is 38.2 Å². The van der Waals surface area contributed by atoms with E-state index >= 15 is 0 Å². The Morgan fingerprint density at radius 3 is 2.40 bits per heavy atom. The highest BCUT2D eigenvalue weighted by atomic mass is 16.2. The van der Waals surface area contributed by atoms with Crippen LogP contribution in [0.4, 0.5) is 0 Å². The van der Waals surface area contributed by atoms with Crippen LogP contribution in [0.5, 0.6) is 0 Å². The number of carbonyl (C=O) groups excluding carboxylic acids is 2. The Labute approximate surface area is 204 Å². The highest BCUT2D eigenvalue weighted by molar-refractivity contribution is 5.92. The maximum Gasteiger partial charge on any atom is 0.271 e. The second kappa shape index (κ2) is 10.3. The quantitative estimate of drug-likeness (QED) is 0.454. The first kappa shape index (κ1) is 22.5. The fourth-order valence-electron chi connectivity index (χ4n) is 4.49. The zero-order chi connectivity index (χ0) is 24.0. The molecule has 4 aromatic rings. The largest absolute Gasteiger partial charge is 0.350 e. The third-order valence-corrected chi connectivity index (χ3v) is 6.23. The Kier molecular flexibility index (Phi) is 6.66. The van der Waals surface area contributed by atoms with Crippen molar-refractivity contribution < 1.29 is 9.59 Å². The summed E-state index contributed by atoms with van der Waals surface area (Å²) in [7, 11) is 0. The van der Waals surface area contributed by atoms with Gasteiger partial charge in [0.2, 0.25) is 5.91 Å². The van der Waals surface area contributed by atoms with Crippen molar-refractivity contribution in [3.63, 3.8) is 0 Å². The molecule has 3 heterocycles. The molecule has 5 rings (SSSR count). The molecule has 35 heavy (non-hydrogen) atoms. The van der Waals surface area contributed by atoms with Gasteiger partial charge in [0.1, 0.15) is 17.6 Å². The van der Waals surface area contributed by atoms with Gasteiger partial charge in [-0.1, -0.05) is 66.7 Å². The second-order valence-electron chi connectivity index (χ2n) is 8.61. The van der Waals surface area contributed by atoms with Crippen molar-refractivity contribution in [3.8, 4) is 0 Å². The first-order valence-electron chi connectivity index (χ1n) is 11.8. The number of benzene rings is 2. The van der Waals surface area contributed by atoms with Gasteiger partial charge in [-0.15, -0.1) is 0 Å². The zero-order valence-electron chi connectivity index (χ0n) is 19.4. The van der Waals surface area contributed by atoms with Gasteiger partial charge in [-0.05, 0) is 29.2 Å². The maximum atomic E-state index is 13.4. The van der Waals surface area contributed by atoms with Gasteiger partial charge in [-0.2, -0.15) is 0 Å². The smallest absolute Gasteiger partial charge is 0.271 e. The number of hydrogen-bond donors (Lipinski definition) is 1. The van der Waals surface area contributed by atoms with E-state index in [1.807, 2.05) is 82.3 Å². The van der Waals surface area contributed by atoms with Crippen LogP contribution in [0.1, 0.15) is 39.0 Å². The van der Waals surface area contributed by atoms with Gasteiger partial charge in [0.05, 0.1) is 6.42 Å². The van der Waals surface area contributed by atoms with Crippen LogP contribution in [-0.2, 0) is 24.2 Å². The molecule has 2 aromatic heterocycles. The predicted octanol–water partition coefficient (Wildman–Crippen LogP) is 3.42. The van der Waals surface area contributed by atoms with Gasteiger partial charge in [-0.3, -0.25) is 14.6 Å². The maximum absolute atomic E-state index is 13.4. The summed E-state index contributed by atoms with van der Waals surface area (Å²) < 4.78 is 2.00. The SMILES string of the molecule is O=C(NCCc1ccccc1)c1cn2c(n1)C(c1ccccc1)N(C(=O)Cc1cccnc1)CC2. The van der Waals surface area contributed by atoms with E-state index in [1.165, 1.54) is 5.56 Å². The molecule has 0 fully saturated rings. The van der Waals surface area contributed by atoms with E-state index in [0.717, 1.165) is 17.5 Å². The Hall–Kier alpha value is -4.26. The molecule has 1 N–H and O–H groups in total. The molecular formula is C28H27N5O2. The number of fused-ring (bicyclic) bond motifs is 1. The molecule has 0 radical (unpaired) electrons. The molecule has 0 aliphatic carbocycles. The molecule has 2 aromatic carbocycles. The van der Waals surface area contributed by atoms with Crippen molar-refractivity contribution in [1.29, 1.82) is 0 Å². The summed E-state index contributed by atoms with van der Waals surface area (Å²) in [5.74, 6) is 0.507. The number of rotatable bonds is 7.